The highest BCUT2D eigenvalue weighted by Gasteiger charge is 2.32. The lowest BCUT2D eigenvalue weighted by molar-refractivity contribution is 0.0893. The first-order chi connectivity index (χ1) is 13.7. The van der Waals surface area contributed by atoms with Crippen molar-refractivity contribution in [3.63, 3.8) is 0 Å². The summed E-state index contributed by atoms with van der Waals surface area (Å²) in [6.45, 7) is 4.42. The molecule has 0 bridgehead atoms. The highest BCUT2D eigenvalue weighted by Crippen LogP contribution is 2.31. The average Bonchev–Trinajstić information content (AvgIpc) is 3.30. The largest absolute Gasteiger partial charge is 0.490 e. The standard InChI is InChI=1S/C21H24N4O3/c1-3-27-18-8-4-5-9-19(18)28-17-10-6-7-16(17)24-21(26)15-13-22-25-12-11-14(2)23-20(15)25/h4-5,8-9,11-13,16-17H,3,6-7,10H2,1-2H3,(H,24,26). The number of fused-ring (bicyclic) bond motifs is 1. The molecule has 1 aliphatic carbocycles. The van der Waals surface area contributed by atoms with Crippen LogP contribution in [0.25, 0.3) is 5.65 Å². The van der Waals surface area contributed by atoms with E-state index < -0.39 is 0 Å². The Bertz CT molecular complexity index is 985. The molecule has 2 aromatic heterocycles. The number of benzene rings is 1. The third-order valence-corrected chi connectivity index (χ3v) is 4.95. The van der Waals surface area contributed by atoms with Crippen LogP contribution in [-0.4, -0.2) is 39.3 Å². The number of nitrogens with zero attached hydrogens (tertiary/aromatic N) is 3. The maximum Gasteiger partial charge on any atom is 0.257 e. The maximum absolute atomic E-state index is 12.9. The third kappa shape index (κ3) is 3.65. The summed E-state index contributed by atoms with van der Waals surface area (Å²) >= 11 is 0. The van der Waals surface area contributed by atoms with Crippen molar-refractivity contribution in [1.29, 1.82) is 0 Å². The van der Waals surface area contributed by atoms with Gasteiger partial charge in [-0.3, -0.25) is 4.79 Å². The van der Waals surface area contributed by atoms with Crippen LogP contribution in [0.5, 0.6) is 11.5 Å². The Hall–Kier alpha value is -3.09. The third-order valence-electron chi connectivity index (χ3n) is 4.95. The zero-order chi connectivity index (χ0) is 19.5. The second kappa shape index (κ2) is 7.88. The van der Waals surface area contributed by atoms with Gasteiger partial charge in [0.25, 0.3) is 5.91 Å². The highest BCUT2D eigenvalue weighted by atomic mass is 16.5. The van der Waals surface area contributed by atoms with Crippen molar-refractivity contribution in [2.24, 2.45) is 0 Å². The number of ether oxygens (including phenoxy) is 2. The molecule has 146 valence electrons. The van der Waals surface area contributed by atoms with E-state index in [0.717, 1.165) is 30.7 Å². The smallest absolute Gasteiger partial charge is 0.257 e. The summed E-state index contributed by atoms with van der Waals surface area (Å²) in [7, 11) is 0. The van der Waals surface area contributed by atoms with E-state index in [4.69, 9.17) is 9.47 Å². The molecular weight excluding hydrogens is 356 g/mol. The lowest BCUT2D eigenvalue weighted by Gasteiger charge is -2.23. The van der Waals surface area contributed by atoms with E-state index in [-0.39, 0.29) is 18.1 Å². The minimum Gasteiger partial charge on any atom is -0.490 e. The van der Waals surface area contributed by atoms with Crippen molar-refractivity contribution >= 4 is 11.6 Å². The van der Waals surface area contributed by atoms with Crippen molar-refractivity contribution in [2.45, 2.75) is 45.3 Å². The summed E-state index contributed by atoms with van der Waals surface area (Å²) in [6.07, 6.45) is 6.03. The Morgan fingerprint density at radius 1 is 1.25 bits per heavy atom. The predicted octanol–water partition coefficient (Wildman–Crippen LogP) is 3.17. The van der Waals surface area contributed by atoms with Crippen LogP contribution in [0.4, 0.5) is 0 Å². The molecule has 28 heavy (non-hydrogen) atoms. The molecule has 7 nitrogen and oxygen atoms in total. The maximum atomic E-state index is 12.9. The number of rotatable bonds is 6. The van der Waals surface area contributed by atoms with Gasteiger partial charge in [-0.25, -0.2) is 9.50 Å². The lowest BCUT2D eigenvalue weighted by atomic mass is 10.2. The molecule has 1 aromatic carbocycles. The van der Waals surface area contributed by atoms with E-state index in [1.807, 2.05) is 44.2 Å². The summed E-state index contributed by atoms with van der Waals surface area (Å²) in [5.74, 6) is 1.26. The van der Waals surface area contributed by atoms with E-state index in [1.165, 1.54) is 0 Å². The van der Waals surface area contributed by atoms with Gasteiger partial charge in [0.05, 0.1) is 18.8 Å². The van der Waals surface area contributed by atoms with Gasteiger partial charge in [0.1, 0.15) is 11.7 Å². The van der Waals surface area contributed by atoms with Crippen molar-refractivity contribution in [3.05, 3.63) is 54.0 Å². The van der Waals surface area contributed by atoms with Gasteiger partial charge >= 0.3 is 0 Å². The van der Waals surface area contributed by atoms with Gasteiger partial charge in [0.2, 0.25) is 0 Å². The summed E-state index contributed by atoms with van der Waals surface area (Å²) in [5.41, 5.74) is 1.88. The number of aryl methyl sites for hydroxylation is 1. The van der Waals surface area contributed by atoms with Gasteiger partial charge < -0.3 is 14.8 Å². The SMILES string of the molecule is CCOc1ccccc1OC1CCCC1NC(=O)c1cnn2ccc(C)nc12. The van der Waals surface area contributed by atoms with Crippen molar-refractivity contribution in [2.75, 3.05) is 6.61 Å². The van der Waals surface area contributed by atoms with E-state index in [9.17, 15) is 4.79 Å². The molecule has 0 saturated heterocycles. The summed E-state index contributed by atoms with van der Waals surface area (Å²) in [4.78, 5) is 17.3. The van der Waals surface area contributed by atoms with E-state index in [1.54, 1.807) is 16.9 Å². The van der Waals surface area contributed by atoms with Crippen LogP contribution in [0.2, 0.25) is 0 Å². The van der Waals surface area contributed by atoms with Gasteiger partial charge in [-0.05, 0) is 51.3 Å². The van der Waals surface area contributed by atoms with E-state index >= 15 is 0 Å². The average molecular weight is 380 g/mol. The summed E-state index contributed by atoms with van der Waals surface area (Å²) < 4.78 is 13.5. The van der Waals surface area contributed by atoms with Crippen molar-refractivity contribution in [3.8, 4) is 11.5 Å². The molecule has 1 aliphatic rings. The Labute approximate surface area is 163 Å². The molecule has 0 radical (unpaired) electrons. The summed E-state index contributed by atoms with van der Waals surface area (Å²) in [6, 6.07) is 9.44. The zero-order valence-electron chi connectivity index (χ0n) is 16.1. The number of nitrogens with one attached hydrogen (secondary N) is 1. The van der Waals surface area contributed by atoms with Crippen LogP contribution < -0.4 is 14.8 Å². The normalized spacial score (nSPS) is 18.9. The van der Waals surface area contributed by atoms with Crippen LogP contribution in [0.3, 0.4) is 0 Å². The number of para-hydroxylation sites is 2. The molecule has 0 spiro atoms. The van der Waals surface area contributed by atoms with Gasteiger partial charge in [0.15, 0.2) is 17.1 Å². The molecule has 1 fully saturated rings. The Morgan fingerprint density at radius 2 is 2.07 bits per heavy atom. The van der Waals surface area contributed by atoms with E-state index in [2.05, 4.69) is 15.4 Å². The number of aromatic nitrogens is 3. The summed E-state index contributed by atoms with van der Waals surface area (Å²) in [5, 5.41) is 7.34. The first kappa shape index (κ1) is 18.3. The zero-order valence-corrected chi connectivity index (χ0v) is 16.1. The number of carbonyl (C=O) groups excluding carboxylic acids is 1. The first-order valence-electron chi connectivity index (χ1n) is 9.66. The molecule has 1 saturated carbocycles. The number of hydrogen-bond donors (Lipinski definition) is 1. The Morgan fingerprint density at radius 3 is 2.89 bits per heavy atom. The number of amides is 1. The minimum atomic E-state index is -0.174. The second-order valence-electron chi connectivity index (χ2n) is 6.94. The van der Waals surface area contributed by atoms with Crippen LogP contribution in [-0.2, 0) is 0 Å². The van der Waals surface area contributed by atoms with E-state index in [0.29, 0.717) is 23.6 Å². The van der Waals surface area contributed by atoms with Crippen molar-refractivity contribution < 1.29 is 14.3 Å². The predicted molar refractivity (Wildman–Crippen MR) is 105 cm³/mol. The van der Waals surface area contributed by atoms with Gasteiger partial charge in [0, 0.05) is 11.9 Å². The fourth-order valence-corrected chi connectivity index (χ4v) is 3.58. The monoisotopic (exact) mass is 380 g/mol. The first-order valence-corrected chi connectivity index (χ1v) is 9.66. The Kier molecular flexibility index (Phi) is 5.14. The lowest BCUT2D eigenvalue weighted by Crippen LogP contribution is -2.42. The highest BCUT2D eigenvalue weighted by molar-refractivity contribution is 5.99. The number of carbonyl (C=O) groups is 1. The van der Waals surface area contributed by atoms with Gasteiger partial charge in [-0.1, -0.05) is 12.1 Å². The second-order valence-corrected chi connectivity index (χ2v) is 6.94. The quantitative estimate of drug-likeness (QED) is 0.711. The number of hydrogen-bond acceptors (Lipinski definition) is 5. The fraction of sp³-hybridized carbons (Fsp3) is 0.381. The topological polar surface area (TPSA) is 77.8 Å². The van der Waals surface area contributed by atoms with Gasteiger partial charge in [-0.15, -0.1) is 0 Å². The van der Waals surface area contributed by atoms with Crippen LogP contribution >= 0.6 is 0 Å². The molecule has 7 heteroatoms. The molecule has 4 rings (SSSR count). The molecular formula is C21H24N4O3. The molecule has 1 amide bonds. The minimum absolute atomic E-state index is 0.0676. The van der Waals surface area contributed by atoms with Crippen LogP contribution in [0, 0.1) is 6.92 Å². The van der Waals surface area contributed by atoms with Crippen molar-refractivity contribution in [1.82, 2.24) is 19.9 Å². The van der Waals surface area contributed by atoms with Crippen LogP contribution in [0.15, 0.2) is 42.7 Å². The fourth-order valence-electron chi connectivity index (χ4n) is 3.58. The molecule has 2 unspecified atom stereocenters. The molecule has 2 atom stereocenters. The molecule has 2 heterocycles. The molecule has 1 N–H and O–H groups in total. The Balaban J connectivity index is 1.49. The van der Waals surface area contributed by atoms with Crippen LogP contribution in [0.1, 0.15) is 42.2 Å². The molecule has 0 aliphatic heterocycles. The molecule has 3 aromatic rings. The van der Waals surface area contributed by atoms with Gasteiger partial charge in [-0.2, -0.15) is 5.10 Å².